The maximum Gasteiger partial charge on any atom is 0.123 e. The van der Waals surface area contributed by atoms with E-state index in [1.54, 1.807) is 6.07 Å². The first-order valence-corrected chi connectivity index (χ1v) is 6.04. The van der Waals surface area contributed by atoms with Crippen molar-refractivity contribution in [3.63, 3.8) is 0 Å². The monoisotopic (exact) mass is 231 g/mol. The molecule has 17 heavy (non-hydrogen) atoms. The van der Waals surface area contributed by atoms with E-state index in [0.29, 0.717) is 5.92 Å². The van der Waals surface area contributed by atoms with Crippen LogP contribution in [0.25, 0.3) is 10.8 Å². The maximum absolute atomic E-state index is 13.1. The van der Waals surface area contributed by atoms with E-state index in [9.17, 15) is 4.39 Å². The minimum absolute atomic E-state index is 0.173. The molecule has 0 amide bonds. The molecule has 1 nitrogen and oxygen atoms in total. The van der Waals surface area contributed by atoms with Crippen LogP contribution in [0.5, 0.6) is 0 Å². The topological polar surface area (TPSA) is 12.0 Å². The number of halogens is 1. The number of benzene rings is 2. The molecule has 2 aromatic carbocycles. The number of hydrogen-bond donors (Lipinski definition) is 1. The van der Waals surface area contributed by atoms with Gasteiger partial charge in [0.2, 0.25) is 0 Å². The van der Waals surface area contributed by atoms with Crippen molar-refractivity contribution in [2.75, 3.05) is 13.6 Å². The van der Waals surface area contributed by atoms with Gasteiger partial charge in [0.25, 0.3) is 0 Å². The fourth-order valence-corrected chi connectivity index (χ4v) is 2.07. The zero-order valence-electron chi connectivity index (χ0n) is 10.3. The molecule has 0 aliphatic rings. The molecule has 2 rings (SSSR count). The first-order valence-electron chi connectivity index (χ1n) is 6.04. The lowest BCUT2D eigenvalue weighted by Crippen LogP contribution is -2.10. The number of fused-ring (bicyclic) bond motifs is 1. The Kier molecular flexibility index (Phi) is 3.75. The van der Waals surface area contributed by atoms with Crippen LogP contribution in [0.4, 0.5) is 4.39 Å². The van der Waals surface area contributed by atoms with Gasteiger partial charge < -0.3 is 5.32 Å². The third-order valence-electron chi connectivity index (χ3n) is 3.22. The van der Waals surface area contributed by atoms with E-state index < -0.39 is 0 Å². The van der Waals surface area contributed by atoms with Crippen LogP contribution in [-0.2, 0) is 0 Å². The molecule has 0 aliphatic heterocycles. The van der Waals surface area contributed by atoms with Gasteiger partial charge in [-0.1, -0.05) is 31.2 Å². The smallest absolute Gasteiger partial charge is 0.123 e. The standard InChI is InChI=1S/C15H18FN/c1-11(7-8-17-2)12-3-4-14-10-15(16)6-5-13(14)9-12/h3-6,9-11,17H,7-8H2,1-2H3. The van der Waals surface area contributed by atoms with Crippen LogP contribution in [0.3, 0.4) is 0 Å². The zero-order chi connectivity index (χ0) is 12.3. The van der Waals surface area contributed by atoms with Crippen LogP contribution in [0, 0.1) is 5.82 Å². The molecule has 1 unspecified atom stereocenters. The van der Waals surface area contributed by atoms with Crippen LogP contribution in [-0.4, -0.2) is 13.6 Å². The summed E-state index contributed by atoms with van der Waals surface area (Å²) in [5, 5.41) is 5.24. The van der Waals surface area contributed by atoms with Gasteiger partial charge in [-0.25, -0.2) is 4.39 Å². The van der Waals surface area contributed by atoms with Crippen LogP contribution in [0.15, 0.2) is 36.4 Å². The van der Waals surface area contributed by atoms with Crippen molar-refractivity contribution in [1.29, 1.82) is 0 Å². The third-order valence-corrected chi connectivity index (χ3v) is 3.22. The zero-order valence-corrected chi connectivity index (χ0v) is 10.3. The average molecular weight is 231 g/mol. The average Bonchev–Trinajstić information content (AvgIpc) is 2.35. The highest BCUT2D eigenvalue weighted by molar-refractivity contribution is 5.83. The molecule has 0 aliphatic carbocycles. The molecule has 1 N–H and O–H groups in total. The van der Waals surface area contributed by atoms with E-state index in [2.05, 4.69) is 24.4 Å². The van der Waals surface area contributed by atoms with Crippen molar-refractivity contribution in [1.82, 2.24) is 5.32 Å². The van der Waals surface area contributed by atoms with E-state index in [0.717, 1.165) is 23.7 Å². The summed E-state index contributed by atoms with van der Waals surface area (Å²) in [5.74, 6) is 0.352. The fraction of sp³-hybridized carbons (Fsp3) is 0.333. The van der Waals surface area contributed by atoms with Crippen molar-refractivity contribution >= 4 is 10.8 Å². The molecule has 0 saturated carbocycles. The second kappa shape index (κ2) is 5.28. The molecule has 1 atom stereocenters. The van der Waals surface area contributed by atoms with Crippen LogP contribution >= 0.6 is 0 Å². The Labute approximate surface area is 102 Å². The molecule has 0 spiro atoms. The SMILES string of the molecule is CNCCC(C)c1ccc2cc(F)ccc2c1. The van der Waals surface area contributed by atoms with E-state index >= 15 is 0 Å². The van der Waals surface area contributed by atoms with Gasteiger partial charge in [-0.3, -0.25) is 0 Å². The third kappa shape index (κ3) is 2.83. The molecule has 2 aromatic rings. The summed E-state index contributed by atoms with van der Waals surface area (Å²) >= 11 is 0. The Bertz CT molecular complexity index is 507. The summed E-state index contributed by atoms with van der Waals surface area (Å²) in [6, 6.07) is 11.2. The summed E-state index contributed by atoms with van der Waals surface area (Å²) in [5.41, 5.74) is 1.32. The summed E-state index contributed by atoms with van der Waals surface area (Å²) in [6.45, 7) is 3.24. The second-order valence-electron chi connectivity index (χ2n) is 4.54. The Hall–Kier alpha value is -1.41. The summed E-state index contributed by atoms with van der Waals surface area (Å²) in [7, 11) is 1.97. The van der Waals surface area contributed by atoms with Gasteiger partial charge in [-0.05, 0) is 54.4 Å². The summed E-state index contributed by atoms with van der Waals surface area (Å²) in [4.78, 5) is 0. The van der Waals surface area contributed by atoms with Crippen LogP contribution < -0.4 is 5.32 Å². The van der Waals surface area contributed by atoms with Crippen molar-refractivity contribution < 1.29 is 4.39 Å². The lowest BCUT2D eigenvalue weighted by Gasteiger charge is -2.12. The normalized spacial score (nSPS) is 12.9. The highest BCUT2D eigenvalue weighted by atomic mass is 19.1. The van der Waals surface area contributed by atoms with Gasteiger partial charge in [0.1, 0.15) is 5.82 Å². The van der Waals surface area contributed by atoms with Crippen molar-refractivity contribution in [2.45, 2.75) is 19.3 Å². The fourth-order valence-electron chi connectivity index (χ4n) is 2.07. The molecule has 0 fully saturated rings. The Morgan fingerprint density at radius 3 is 2.59 bits per heavy atom. The molecule has 90 valence electrons. The molecule has 0 bridgehead atoms. The van der Waals surface area contributed by atoms with Crippen LogP contribution in [0.2, 0.25) is 0 Å². The number of rotatable bonds is 4. The maximum atomic E-state index is 13.1. The highest BCUT2D eigenvalue weighted by Gasteiger charge is 2.06. The van der Waals surface area contributed by atoms with Gasteiger partial charge in [0, 0.05) is 0 Å². The molecule has 2 heteroatoms. The van der Waals surface area contributed by atoms with Gasteiger partial charge >= 0.3 is 0 Å². The highest BCUT2D eigenvalue weighted by Crippen LogP contribution is 2.24. The first-order chi connectivity index (χ1) is 8.20. The van der Waals surface area contributed by atoms with Crippen LogP contribution in [0.1, 0.15) is 24.8 Å². The summed E-state index contributed by atoms with van der Waals surface area (Å²) in [6.07, 6.45) is 1.11. The van der Waals surface area contributed by atoms with Gasteiger partial charge in [-0.15, -0.1) is 0 Å². The van der Waals surface area contributed by atoms with Gasteiger partial charge in [-0.2, -0.15) is 0 Å². The second-order valence-corrected chi connectivity index (χ2v) is 4.54. The predicted octanol–water partition coefficient (Wildman–Crippen LogP) is 3.69. The molecular weight excluding hydrogens is 213 g/mol. The minimum Gasteiger partial charge on any atom is -0.320 e. The minimum atomic E-state index is -0.173. The lowest BCUT2D eigenvalue weighted by molar-refractivity contribution is 0.629. The van der Waals surface area contributed by atoms with E-state index in [-0.39, 0.29) is 5.82 Å². The Morgan fingerprint density at radius 2 is 1.82 bits per heavy atom. The molecule has 0 aromatic heterocycles. The van der Waals surface area contributed by atoms with Crippen molar-refractivity contribution in [2.24, 2.45) is 0 Å². The van der Waals surface area contributed by atoms with Crippen molar-refractivity contribution in [3.05, 3.63) is 47.8 Å². The first kappa shape index (κ1) is 12.1. The Balaban J connectivity index is 2.28. The number of hydrogen-bond acceptors (Lipinski definition) is 1. The van der Waals surface area contributed by atoms with E-state index in [1.807, 2.05) is 19.2 Å². The van der Waals surface area contributed by atoms with Gasteiger partial charge in [0.15, 0.2) is 0 Å². The quantitative estimate of drug-likeness (QED) is 0.846. The largest absolute Gasteiger partial charge is 0.320 e. The lowest BCUT2D eigenvalue weighted by atomic mass is 9.95. The summed E-state index contributed by atoms with van der Waals surface area (Å²) < 4.78 is 13.1. The number of nitrogens with one attached hydrogen (secondary N) is 1. The molecule has 0 saturated heterocycles. The predicted molar refractivity (Wildman–Crippen MR) is 70.9 cm³/mol. The molecular formula is C15H18FN. The van der Waals surface area contributed by atoms with Gasteiger partial charge in [0.05, 0.1) is 0 Å². The Morgan fingerprint density at radius 1 is 1.12 bits per heavy atom. The van der Waals surface area contributed by atoms with E-state index in [1.165, 1.54) is 11.6 Å². The van der Waals surface area contributed by atoms with Crippen molar-refractivity contribution in [3.8, 4) is 0 Å². The van der Waals surface area contributed by atoms with E-state index in [4.69, 9.17) is 0 Å². The molecule has 0 radical (unpaired) electrons. The molecule has 0 heterocycles.